The minimum Gasteiger partial charge on any atom is -0.496 e. The van der Waals surface area contributed by atoms with Crippen LogP contribution < -0.4 is 15.4 Å². The highest BCUT2D eigenvalue weighted by Gasteiger charge is 2.14. The molecule has 0 fully saturated rings. The maximum Gasteiger partial charge on any atom is 0.224 e. The van der Waals surface area contributed by atoms with Crippen LogP contribution in [-0.2, 0) is 28.9 Å². The average Bonchev–Trinajstić information content (AvgIpc) is 2.62. The maximum atomic E-state index is 12.1. The average molecular weight is 338 g/mol. The number of benzene rings is 2. The summed E-state index contributed by atoms with van der Waals surface area (Å²) in [5.74, 6) is 0.785. The number of carbonyl (C=O) groups is 2. The first kappa shape index (κ1) is 17.0. The lowest BCUT2D eigenvalue weighted by atomic mass is 9.99. The predicted molar refractivity (Wildman–Crippen MR) is 96.8 cm³/mol. The van der Waals surface area contributed by atoms with E-state index in [1.54, 1.807) is 7.11 Å². The molecular weight excluding hydrogens is 316 g/mol. The van der Waals surface area contributed by atoms with E-state index in [0.29, 0.717) is 19.4 Å². The van der Waals surface area contributed by atoms with E-state index < -0.39 is 0 Å². The van der Waals surface area contributed by atoms with E-state index >= 15 is 0 Å². The first-order chi connectivity index (χ1) is 12.2. The van der Waals surface area contributed by atoms with Gasteiger partial charge >= 0.3 is 0 Å². The number of amides is 2. The van der Waals surface area contributed by atoms with Gasteiger partial charge in [-0.05, 0) is 36.1 Å². The van der Waals surface area contributed by atoms with Gasteiger partial charge in [0.2, 0.25) is 11.8 Å². The molecule has 0 saturated carbocycles. The van der Waals surface area contributed by atoms with Crippen LogP contribution in [0.4, 0.5) is 5.69 Å². The van der Waals surface area contributed by atoms with Crippen molar-refractivity contribution in [3.8, 4) is 5.75 Å². The molecule has 5 heteroatoms. The number of rotatable bonds is 6. The summed E-state index contributed by atoms with van der Waals surface area (Å²) in [6.07, 6.45) is 2.38. The van der Waals surface area contributed by atoms with Crippen molar-refractivity contribution >= 4 is 17.5 Å². The highest BCUT2D eigenvalue weighted by Crippen LogP contribution is 2.23. The predicted octanol–water partition coefficient (Wildman–Crippen LogP) is 2.48. The Labute approximate surface area is 147 Å². The molecule has 1 aliphatic heterocycles. The van der Waals surface area contributed by atoms with Crippen LogP contribution in [0.25, 0.3) is 0 Å². The van der Waals surface area contributed by atoms with Crippen LogP contribution in [0.3, 0.4) is 0 Å². The Morgan fingerprint density at radius 3 is 2.88 bits per heavy atom. The second-order valence-corrected chi connectivity index (χ2v) is 6.13. The Kier molecular flexibility index (Phi) is 5.33. The van der Waals surface area contributed by atoms with Gasteiger partial charge in [0.05, 0.1) is 13.5 Å². The molecule has 1 aliphatic rings. The first-order valence-corrected chi connectivity index (χ1v) is 8.46. The number of carbonyl (C=O) groups excluding carboxylic acids is 2. The van der Waals surface area contributed by atoms with Crippen molar-refractivity contribution in [2.45, 2.75) is 25.7 Å². The smallest absolute Gasteiger partial charge is 0.224 e. The Balaban J connectivity index is 1.51. The van der Waals surface area contributed by atoms with E-state index in [0.717, 1.165) is 41.0 Å². The van der Waals surface area contributed by atoms with Crippen molar-refractivity contribution in [2.75, 3.05) is 19.0 Å². The molecule has 3 rings (SSSR count). The molecule has 0 bridgehead atoms. The monoisotopic (exact) mass is 338 g/mol. The fourth-order valence-corrected chi connectivity index (χ4v) is 3.02. The molecule has 1 heterocycles. The molecule has 5 nitrogen and oxygen atoms in total. The summed E-state index contributed by atoms with van der Waals surface area (Å²) in [5.41, 5.74) is 4.11. The molecule has 2 aromatic rings. The zero-order valence-electron chi connectivity index (χ0n) is 14.3. The number of anilines is 1. The lowest BCUT2D eigenvalue weighted by Crippen LogP contribution is -2.27. The maximum absolute atomic E-state index is 12.1. The molecule has 130 valence electrons. The van der Waals surface area contributed by atoms with Crippen LogP contribution in [0.15, 0.2) is 42.5 Å². The molecule has 0 radical (unpaired) electrons. The Morgan fingerprint density at radius 2 is 2.04 bits per heavy atom. The summed E-state index contributed by atoms with van der Waals surface area (Å²) in [6.45, 7) is 0.582. The summed E-state index contributed by atoms with van der Waals surface area (Å²) < 4.78 is 5.27. The minimum atomic E-state index is -0.0188. The van der Waals surface area contributed by atoms with Gasteiger partial charge in [-0.25, -0.2) is 0 Å². The van der Waals surface area contributed by atoms with Crippen LogP contribution in [0.1, 0.15) is 23.1 Å². The van der Waals surface area contributed by atoms with E-state index in [-0.39, 0.29) is 11.8 Å². The standard InChI is InChI=1S/C20H22N2O3/c1-25-18-5-3-2-4-16(18)13-20(24)21-11-10-14-6-8-17-15(12-14)7-9-19(23)22-17/h2-6,8,12H,7,9-11,13H2,1H3,(H,21,24)(H,22,23). The van der Waals surface area contributed by atoms with Crippen molar-refractivity contribution in [1.29, 1.82) is 0 Å². The van der Waals surface area contributed by atoms with E-state index in [2.05, 4.69) is 16.7 Å². The van der Waals surface area contributed by atoms with Crippen molar-refractivity contribution in [3.05, 3.63) is 59.2 Å². The third-order valence-corrected chi connectivity index (χ3v) is 4.34. The molecular formula is C20H22N2O3. The molecule has 0 spiro atoms. The van der Waals surface area contributed by atoms with Gasteiger partial charge in [-0.3, -0.25) is 9.59 Å². The summed E-state index contributed by atoms with van der Waals surface area (Å²) in [4.78, 5) is 23.5. The molecule has 0 aliphatic carbocycles. The minimum absolute atomic E-state index is 0.0188. The van der Waals surface area contributed by atoms with E-state index in [1.807, 2.05) is 36.4 Å². The van der Waals surface area contributed by atoms with Crippen LogP contribution >= 0.6 is 0 Å². The fourth-order valence-electron chi connectivity index (χ4n) is 3.02. The zero-order valence-corrected chi connectivity index (χ0v) is 14.3. The summed E-state index contributed by atoms with van der Waals surface area (Å²) in [7, 11) is 1.61. The number of methoxy groups -OCH3 is 1. The summed E-state index contributed by atoms with van der Waals surface area (Å²) in [5, 5.41) is 5.83. The lowest BCUT2D eigenvalue weighted by Gasteiger charge is -2.17. The molecule has 0 atom stereocenters. The number of hydrogen-bond acceptors (Lipinski definition) is 3. The zero-order chi connectivity index (χ0) is 17.6. The molecule has 0 unspecified atom stereocenters. The number of nitrogens with one attached hydrogen (secondary N) is 2. The number of fused-ring (bicyclic) bond motifs is 1. The molecule has 25 heavy (non-hydrogen) atoms. The van der Waals surface area contributed by atoms with Crippen molar-refractivity contribution in [3.63, 3.8) is 0 Å². The molecule has 2 amide bonds. The van der Waals surface area contributed by atoms with E-state index in [1.165, 1.54) is 0 Å². The van der Waals surface area contributed by atoms with Crippen molar-refractivity contribution < 1.29 is 14.3 Å². The normalized spacial score (nSPS) is 12.9. The van der Waals surface area contributed by atoms with Gasteiger partial charge in [0.1, 0.15) is 5.75 Å². The third kappa shape index (κ3) is 4.38. The molecule has 0 saturated heterocycles. The van der Waals surface area contributed by atoms with Crippen LogP contribution in [0.2, 0.25) is 0 Å². The SMILES string of the molecule is COc1ccccc1CC(=O)NCCc1ccc2c(c1)CCC(=O)N2. The topological polar surface area (TPSA) is 67.4 Å². The van der Waals surface area contributed by atoms with Crippen LogP contribution in [0.5, 0.6) is 5.75 Å². The highest BCUT2D eigenvalue weighted by atomic mass is 16.5. The molecule has 0 aromatic heterocycles. The van der Waals surface area contributed by atoms with Gasteiger partial charge in [0.15, 0.2) is 0 Å². The quantitative estimate of drug-likeness (QED) is 0.850. The van der Waals surface area contributed by atoms with E-state index in [4.69, 9.17) is 4.74 Å². The van der Waals surface area contributed by atoms with Gasteiger partial charge in [-0.1, -0.05) is 30.3 Å². The number of para-hydroxylation sites is 1. The fraction of sp³-hybridized carbons (Fsp3) is 0.300. The largest absolute Gasteiger partial charge is 0.496 e. The van der Waals surface area contributed by atoms with Crippen LogP contribution in [-0.4, -0.2) is 25.5 Å². The van der Waals surface area contributed by atoms with Gasteiger partial charge in [-0.15, -0.1) is 0 Å². The second kappa shape index (κ2) is 7.83. The summed E-state index contributed by atoms with van der Waals surface area (Å²) >= 11 is 0. The Morgan fingerprint density at radius 1 is 1.20 bits per heavy atom. The molecule has 2 N–H and O–H groups in total. The lowest BCUT2D eigenvalue weighted by molar-refractivity contribution is -0.120. The molecule has 2 aromatic carbocycles. The highest BCUT2D eigenvalue weighted by molar-refractivity contribution is 5.93. The first-order valence-electron chi connectivity index (χ1n) is 8.46. The number of ether oxygens (including phenoxy) is 1. The van der Waals surface area contributed by atoms with Gasteiger partial charge in [0, 0.05) is 24.2 Å². The van der Waals surface area contributed by atoms with Gasteiger partial charge in [0.25, 0.3) is 0 Å². The number of aryl methyl sites for hydroxylation is 1. The van der Waals surface area contributed by atoms with Gasteiger partial charge < -0.3 is 15.4 Å². The van der Waals surface area contributed by atoms with Crippen molar-refractivity contribution in [1.82, 2.24) is 5.32 Å². The number of hydrogen-bond donors (Lipinski definition) is 2. The van der Waals surface area contributed by atoms with E-state index in [9.17, 15) is 9.59 Å². The third-order valence-electron chi connectivity index (χ3n) is 4.34. The second-order valence-electron chi connectivity index (χ2n) is 6.13. The summed E-state index contributed by atoms with van der Waals surface area (Å²) in [6, 6.07) is 13.6. The Bertz CT molecular complexity index is 786. The van der Waals surface area contributed by atoms with Gasteiger partial charge in [-0.2, -0.15) is 0 Å². The Hall–Kier alpha value is -2.82. The van der Waals surface area contributed by atoms with Crippen LogP contribution in [0, 0.1) is 0 Å². The van der Waals surface area contributed by atoms with Crippen molar-refractivity contribution in [2.24, 2.45) is 0 Å².